The Labute approximate surface area is 87.3 Å². The highest BCUT2D eigenvalue weighted by molar-refractivity contribution is 5.45. The van der Waals surface area contributed by atoms with Crippen LogP contribution in [0.4, 0.5) is 4.39 Å². The molecular weight excluding hydrogens is 197 g/mol. The molecule has 15 heavy (non-hydrogen) atoms. The summed E-state index contributed by atoms with van der Waals surface area (Å²) in [6.07, 6.45) is 3.12. The Morgan fingerprint density at radius 2 is 1.67 bits per heavy atom. The fraction of sp³-hybridized carbons (Fsp3) is 0.455. The average molecular weight is 211 g/mol. The number of phenolic OH excluding ortho intramolecular Hbond substituents is 2. The third-order valence-electron chi connectivity index (χ3n) is 3.09. The molecule has 1 saturated carbocycles. The number of hydrogen-bond acceptors (Lipinski definition) is 3. The maximum absolute atomic E-state index is 13.7. The number of rotatable bonds is 1. The first-order valence-corrected chi connectivity index (χ1v) is 5.04. The van der Waals surface area contributed by atoms with Crippen molar-refractivity contribution in [3.05, 3.63) is 23.5 Å². The van der Waals surface area contributed by atoms with E-state index in [-0.39, 0.29) is 11.3 Å². The van der Waals surface area contributed by atoms with Crippen molar-refractivity contribution in [3.8, 4) is 11.5 Å². The SMILES string of the molecule is NC1(c2c(O)ccc(O)c2F)CCCC1. The monoisotopic (exact) mass is 211 g/mol. The molecule has 1 aromatic rings. The molecule has 4 N–H and O–H groups in total. The standard InChI is InChI=1S/C11H14FNO2/c12-10-8(15)4-3-7(14)9(10)11(13)5-1-2-6-11/h3-4,14-15H,1-2,5-6,13H2. The van der Waals surface area contributed by atoms with Gasteiger partial charge in [-0.2, -0.15) is 0 Å². The van der Waals surface area contributed by atoms with Crippen LogP contribution in [0.2, 0.25) is 0 Å². The van der Waals surface area contributed by atoms with E-state index >= 15 is 0 Å². The van der Waals surface area contributed by atoms with Gasteiger partial charge in [-0.25, -0.2) is 4.39 Å². The Balaban J connectivity index is 2.55. The van der Waals surface area contributed by atoms with Gasteiger partial charge in [-0.05, 0) is 25.0 Å². The quantitative estimate of drug-likeness (QED) is 0.622. The molecule has 0 saturated heterocycles. The molecule has 0 aromatic heterocycles. The maximum atomic E-state index is 13.7. The molecule has 82 valence electrons. The highest BCUT2D eigenvalue weighted by atomic mass is 19.1. The van der Waals surface area contributed by atoms with E-state index in [1.165, 1.54) is 6.07 Å². The summed E-state index contributed by atoms with van der Waals surface area (Å²) in [6, 6.07) is 2.41. The summed E-state index contributed by atoms with van der Waals surface area (Å²) in [5.41, 5.74) is 5.27. The van der Waals surface area contributed by atoms with E-state index in [9.17, 15) is 14.6 Å². The maximum Gasteiger partial charge on any atom is 0.173 e. The van der Waals surface area contributed by atoms with Crippen molar-refractivity contribution >= 4 is 0 Å². The van der Waals surface area contributed by atoms with Crippen molar-refractivity contribution < 1.29 is 14.6 Å². The molecule has 0 radical (unpaired) electrons. The third kappa shape index (κ3) is 1.55. The molecule has 1 aromatic carbocycles. The summed E-state index contributed by atoms with van der Waals surface area (Å²) in [6.45, 7) is 0. The lowest BCUT2D eigenvalue weighted by atomic mass is 9.88. The number of phenols is 2. The number of aromatic hydroxyl groups is 2. The van der Waals surface area contributed by atoms with Crippen LogP contribution in [0.1, 0.15) is 31.2 Å². The summed E-state index contributed by atoms with van der Waals surface area (Å²) in [7, 11) is 0. The van der Waals surface area contributed by atoms with Gasteiger partial charge >= 0.3 is 0 Å². The lowest BCUT2D eigenvalue weighted by Gasteiger charge is -2.25. The Morgan fingerprint density at radius 3 is 2.27 bits per heavy atom. The lowest BCUT2D eigenvalue weighted by Crippen LogP contribution is -2.34. The second-order valence-electron chi connectivity index (χ2n) is 4.16. The first kappa shape index (κ1) is 10.2. The van der Waals surface area contributed by atoms with Gasteiger partial charge in [0.2, 0.25) is 0 Å². The number of benzene rings is 1. The first-order valence-electron chi connectivity index (χ1n) is 5.04. The van der Waals surface area contributed by atoms with E-state index in [1.54, 1.807) is 0 Å². The van der Waals surface area contributed by atoms with E-state index in [0.29, 0.717) is 12.8 Å². The molecule has 0 aliphatic heterocycles. The molecule has 1 aliphatic carbocycles. The highest BCUT2D eigenvalue weighted by Gasteiger charge is 2.36. The van der Waals surface area contributed by atoms with Crippen molar-refractivity contribution in [2.45, 2.75) is 31.2 Å². The lowest BCUT2D eigenvalue weighted by molar-refractivity contribution is 0.366. The van der Waals surface area contributed by atoms with Crippen LogP contribution in [-0.4, -0.2) is 10.2 Å². The van der Waals surface area contributed by atoms with Gasteiger partial charge in [0.15, 0.2) is 11.6 Å². The Bertz CT molecular complexity index is 386. The second-order valence-corrected chi connectivity index (χ2v) is 4.16. The summed E-state index contributed by atoms with van der Waals surface area (Å²) in [5.74, 6) is -1.42. The van der Waals surface area contributed by atoms with Crippen LogP contribution in [0.15, 0.2) is 12.1 Å². The molecule has 0 heterocycles. The molecule has 0 atom stereocenters. The predicted molar refractivity (Wildman–Crippen MR) is 54.1 cm³/mol. The molecule has 0 bridgehead atoms. The van der Waals surface area contributed by atoms with Gasteiger partial charge in [0, 0.05) is 5.54 Å². The van der Waals surface area contributed by atoms with Crippen molar-refractivity contribution in [2.75, 3.05) is 0 Å². The van der Waals surface area contributed by atoms with E-state index in [1.807, 2.05) is 0 Å². The number of hydrogen-bond donors (Lipinski definition) is 3. The Hall–Kier alpha value is -1.29. The van der Waals surface area contributed by atoms with Gasteiger partial charge in [-0.15, -0.1) is 0 Å². The van der Waals surface area contributed by atoms with Gasteiger partial charge in [0.25, 0.3) is 0 Å². The van der Waals surface area contributed by atoms with Gasteiger partial charge in [0.05, 0.1) is 5.56 Å². The predicted octanol–water partition coefficient (Wildman–Crippen LogP) is 1.96. The van der Waals surface area contributed by atoms with Gasteiger partial charge in [-0.1, -0.05) is 12.8 Å². The third-order valence-corrected chi connectivity index (χ3v) is 3.09. The molecule has 1 fully saturated rings. The molecule has 0 spiro atoms. The zero-order valence-corrected chi connectivity index (χ0v) is 8.33. The molecule has 0 unspecified atom stereocenters. The Kier molecular flexibility index (Phi) is 2.31. The second kappa shape index (κ2) is 3.38. The van der Waals surface area contributed by atoms with Crippen LogP contribution < -0.4 is 5.73 Å². The van der Waals surface area contributed by atoms with Gasteiger partial charge in [0.1, 0.15) is 5.75 Å². The van der Waals surface area contributed by atoms with Crippen LogP contribution in [0.25, 0.3) is 0 Å². The molecule has 0 amide bonds. The van der Waals surface area contributed by atoms with E-state index < -0.39 is 17.1 Å². The fourth-order valence-corrected chi connectivity index (χ4v) is 2.28. The first-order chi connectivity index (χ1) is 7.04. The van der Waals surface area contributed by atoms with Crippen LogP contribution in [0.5, 0.6) is 11.5 Å². The van der Waals surface area contributed by atoms with Crippen molar-refractivity contribution in [2.24, 2.45) is 5.73 Å². The topological polar surface area (TPSA) is 66.5 Å². The van der Waals surface area contributed by atoms with E-state index in [2.05, 4.69) is 0 Å². The normalized spacial score (nSPS) is 19.3. The largest absolute Gasteiger partial charge is 0.507 e. The zero-order chi connectivity index (χ0) is 11.1. The zero-order valence-electron chi connectivity index (χ0n) is 8.33. The van der Waals surface area contributed by atoms with Crippen molar-refractivity contribution in [3.63, 3.8) is 0 Å². The molecule has 3 nitrogen and oxygen atoms in total. The van der Waals surface area contributed by atoms with Gasteiger partial charge < -0.3 is 15.9 Å². The molecule has 2 rings (SSSR count). The van der Waals surface area contributed by atoms with Crippen molar-refractivity contribution in [1.82, 2.24) is 0 Å². The van der Waals surface area contributed by atoms with Crippen molar-refractivity contribution in [1.29, 1.82) is 0 Å². The van der Waals surface area contributed by atoms with Crippen LogP contribution in [0, 0.1) is 5.82 Å². The van der Waals surface area contributed by atoms with Gasteiger partial charge in [-0.3, -0.25) is 0 Å². The molecular formula is C11H14FNO2. The smallest absolute Gasteiger partial charge is 0.173 e. The summed E-state index contributed by atoms with van der Waals surface area (Å²) >= 11 is 0. The molecule has 4 heteroatoms. The minimum absolute atomic E-state index is 0.0556. The highest BCUT2D eigenvalue weighted by Crippen LogP contribution is 2.43. The summed E-state index contributed by atoms with van der Waals surface area (Å²) < 4.78 is 13.7. The van der Waals surface area contributed by atoms with E-state index in [4.69, 9.17) is 5.73 Å². The summed E-state index contributed by atoms with van der Waals surface area (Å²) in [4.78, 5) is 0. The summed E-state index contributed by atoms with van der Waals surface area (Å²) in [5, 5.41) is 18.9. The number of nitrogens with two attached hydrogens (primary N) is 1. The van der Waals surface area contributed by atoms with Crippen LogP contribution in [0.3, 0.4) is 0 Å². The number of halogens is 1. The van der Waals surface area contributed by atoms with Crippen LogP contribution >= 0.6 is 0 Å². The minimum Gasteiger partial charge on any atom is -0.507 e. The average Bonchev–Trinajstić information content (AvgIpc) is 2.60. The fourth-order valence-electron chi connectivity index (χ4n) is 2.28. The van der Waals surface area contributed by atoms with E-state index in [0.717, 1.165) is 18.9 Å². The Morgan fingerprint density at radius 1 is 1.13 bits per heavy atom. The minimum atomic E-state index is -0.826. The molecule has 1 aliphatic rings. The van der Waals surface area contributed by atoms with Crippen LogP contribution in [-0.2, 0) is 5.54 Å².